The fourth-order valence-corrected chi connectivity index (χ4v) is 5.19. The van der Waals surface area contributed by atoms with Crippen LogP contribution < -0.4 is 5.73 Å². The molecule has 0 amide bonds. The molecule has 0 heterocycles. The minimum atomic E-state index is -0.0885. The SMILES string of the molecule is CCCCCCCCCCC(c1cccc2ccccc12)C(N)(CCC)CCC.Cl. The van der Waals surface area contributed by atoms with E-state index < -0.39 is 0 Å². The molecule has 0 aliphatic carbocycles. The summed E-state index contributed by atoms with van der Waals surface area (Å²) in [7, 11) is 0. The maximum atomic E-state index is 7.18. The van der Waals surface area contributed by atoms with Crippen LogP contribution in [0.1, 0.15) is 116 Å². The van der Waals surface area contributed by atoms with E-state index >= 15 is 0 Å². The highest BCUT2D eigenvalue weighted by molar-refractivity contribution is 5.86. The van der Waals surface area contributed by atoms with Gasteiger partial charge in [-0.2, -0.15) is 0 Å². The minimum absolute atomic E-state index is 0. The average Bonchev–Trinajstić information content (AvgIpc) is 2.73. The van der Waals surface area contributed by atoms with Gasteiger partial charge in [0.1, 0.15) is 0 Å². The maximum Gasteiger partial charge on any atom is 0.0223 e. The van der Waals surface area contributed by atoms with E-state index in [1.807, 2.05) is 0 Å². The summed E-state index contributed by atoms with van der Waals surface area (Å²) < 4.78 is 0. The van der Waals surface area contributed by atoms with Gasteiger partial charge in [0.25, 0.3) is 0 Å². The van der Waals surface area contributed by atoms with Crippen LogP contribution >= 0.6 is 12.4 Å². The van der Waals surface area contributed by atoms with E-state index in [0.29, 0.717) is 5.92 Å². The van der Waals surface area contributed by atoms with E-state index in [9.17, 15) is 0 Å². The lowest BCUT2D eigenvalue weighted by molar-refractivity contribution is 0.276. The first-order chi connectivity index (χ1) is 14.2. The van der Waals surface area contributed by atoms with Gasteiger partial charge in [0, 0.05) is 11.5 Å². The van der Waals surface area contributed by atoms with Gasteiger partial charge < -0.3 is 5.73 Å². The zero-order valence-electron chi connectivity index (χ0n) is 19.8. The largest absolute Gasteiger partial charge is 0.325 e. The summed E-state index contributed by atoms with van der Waals surface area (Å²) in [6.07, 6.45) is 16.8. The summed E-state index contributed by atoms with van der Waals surface area (Å²) >= 11 is 0. The molecule has 2 aromatic carbocycles. The van der Waals surface area contributed by atoms with E-state index in [0.717, 1.165) is 25.7 Å². The van der Waals surface area contributed by atoms with Gasteiger partial charge in [-0.05, 0) is 35.6 Å². The van der Waals surface area contributed by atoms with Crippen molar-refractivity contribution in [1.82, 2.24) is 0 Å². The van der Waals surface area contributed by atoms with Crippen molar-refractivity contribution in [2.45, 2.75) is 116 Å². The molecule has 30 heavy (non-hydrogen) atoms. The van der Waals surface area contributed by atoms with Crippen LogP contribution in [-0.4, -0.2) is 5.54 Å². The number of halogens is 1. The van der Waals surface area contributed by atoms with Crippen LogP contribution in [0.25, 0.3) is 10.8 Å². The zero-order chi connectivity index (χ0) is 21.0. The molecule has 0 saturated heterocycles. The first-order valence-corrected chi connectivity index (χ1v) is 12.4. The number of hydrogen-bond acceptors (Lipinski definition) is 1. The molecule has 2 rings (SSSR count). The van der Waals surface area contributed by atoms with E-state index in [-0.39, 0.29) is 17.9 Å². The molecule has 0 saturated carbocycles. The Bertz CT molecular complexity index is 685. The van der Waals surface area contributed by atoms with Gasteiger partial charge in [0.15, 0.2) is 0 Å². The first kappa shape index (κ1) is 27.0. The number of hydrogen-bond donors (Lipinski definition) is 1. The molecule has 0 spiro atoms. The maximum absolute atomic E-state index is 7.18. The van der Waals surface area contributed by atoms with Crippen molar-refractivity contribution >= 4 is 23.2 Å². The number of rotatable bonds is 15. The molecule has 0 aromatic heterocycles. The van der Waals surface area contributed by atoms with E-state index in [4.69, 9.17) is 5.73 Å². The molecule has 0 bridgehead atoms. The second kappa shape index (κ2) is 14.9. The standard InChI is InChI=1S/C28H45N.ClH/c1-4-7-8-9-10-11-12-13-21-27(28(29,22-5-2)23-6-3)26-20-16-18-24-17-14-15-19-25(24)26;/h14-20,27H,4-13,21-23,29H2,1-3H3;1H. The Kier molecular flexibility index (Phi) is 13.4. The summed E-state index contributed by atoms with van der Waals surface area (Å²) in [5.74, 6) is 0.452. The quantitative estimate of drug-likeness (QED) is 0.279. The van der Waals surface area contributed by atoms with Gasteiger partial charge in [-0.25, -0.2) is 0 Å². The van der Waals surface area contributed by atoms with Crippen molar-refractivity contribution in [2.75, 3.05) is 0 Å². The Morgan fingerprint density at radius 2 is 1.27 bits per heavy atom. The lowest BCUT2D eigenvalue weighted by atomic mass is 9.71. The fourth-order valence-electron chi connectivity index (χ4n) is 5.19. The molecule has 2 aromatic rings. The van der Waals surface area contributed by atoms with Crippen LogP contribution in [0, 0.1) is 0 Å². The molecule has 1 unspecified atom stereocenters. The van der Waals surface area contributed by atoms with Crippen molar-refractivity contribution < 1.29 is 0 Å². The third-order valence-electron chi connectivity index (χ3n) is 6.67. The predicted octanol–water partition coefficient (Wildman–Crippen LogP) is 9.17. The average molecular weight is 432 g/mol. The van der Waals surface area contributed by atoms with Gasteiger partial charge in [-0.15, -0.1) is 12.4 Å². The third-order valence-corrected chi connectivity index (χ3v) is 6.67. The smallest absolute Gasteiger partial charge is 0.0223 e. The summed E-state index contributed by atoms with van der Waals surface area (Å²) in [5, 5.41) is 2.75. The number of benzene rings is 2. The van der Waals surface area contributed by atoms with Crippen molar-refractivity contribution in [3.8, 4) is 0 Å². The molecular formula is C28H46ClN. The van der Waals surface area contributed by atoms with Crippen LogP contribution in [-0.2, 0) is 0 Å². The molecule has 170 valence electrons. The Hall–Kier alpha value is -1.05. The van der Waals surface area contributed by atoms with Gasteiger partial charge in [0.2, 0.25) is 0 Å². The normalized spacial score (nSPS) is 12.7. The van der Waals surface area contributed by atoms with Gasteiger partial charge in [-0.3, -0.25) is 0 Å². The Morgan fingerprint density at radius 3 is 1.90 bits per heavy atom. The first-order valence-electron chi connectivity index (χ1n) is 12.4. The van der Waals surface area contributed by atoms with E-state index in [1.54, 1.807) is 0 Å². The van der Waals surface area contributed by atoms with Crippen LogP contribution in [0.3, 0.4) is 0 Å². The highest BCUT2D eigenvalue weighted by atomic mass is 35.5. The molecule has 0 aliphatic heterocycles. The van der Waals surface area contributed by atoms with Gasteiger partial charge in [0.05, 0.1) is 0 Å². The van der Waals surface area contributed by atoms with Crippen LogP contribution in [0.5, 0.6) is 0 Å². The summed E-state index contributed by atoms with van der Waals surface area (Å²) in [6.45, 7) is 6.86. The predicted molar refractivity (Wildman–Crippen MR) is 138 cm³/mol. The minimum Gasteiger partial charge on any atom is -0.325 e. The Balaban J connectivity index is 0.00000450. The lowest BCUT2D eigenvalue weighted by Crippen LogP contribution is -2.45. The molecule has 2 N–H and O–H groups in total. The topological polar surface area (TPSA) is 26.0 Å². The van der Waals surface area contributed by atoms with Crippen molar-refractivity contribution in [2.24, 2.45) is 5.73 Å². The Morgan fingerprint density at radius 1 is 0.700 bits per heavy atom. The van der Waals surface area contributed by atoms with Crippen molar-refractivity contribution in [3.63, 3.8) is 0 Å². The molecule has 1 nitrogen and oxygen atoms in total. The third kappa shape index (κ3) is 7.89. The van der Waals surface area contributed by atoms with Crippen LogP contribution in [0.2, 0.25) is 0 Å². The summed E-state index contributed by atoms with van der Waals surface area (Å²) in [6, 6.07) is 15.7. The zero-order valence-corrected chi connectivity index (χ0v) is 20.6. The highest BCUT2D eigenvalue weighted by Gasteiger charge is 2.34. The highest BCUT2D eigenvalue weighted by Crippen LogP contribution is 2.40. The number of nitrogens with two attached hydrogens (primary N) is 1. The molecule has 2 heteroatoms. The molecule has 0 aliphatic rings. The lowest BCUT2D eigenvalue weighted by Gasteiger charge is -2.39. The number of fused-ring (bicyclic) bond motifs is 1. The number of unbranched alkanes of at least 4 members (excludes halogenated alkanes) is 7. The summed E-state index contributed by atoms with van der Waals surface area (Å²) in [5.41, 5.74) is 8.58. The van der Waals surface area contributed by atoms with Crippen molar-refractivity contribution in [1.29, 1.82) is 0 Å². The van der Waals surface area contributed by atoms with Gasteiger partial charge in [-0.1, -0.05) is 127 Å². The monoisotopic (exact) mass is 431 g/mol. The van der Waals surface area contributed by atoms with Crippen molar-refractivity contribution in [3.05, 3.63) is 48.0 Å². The molecular weight excluding hydrogens is 386 g/mol. The molecule has 0 radical (unpaired) electrons. The van der Waals surface area contributed by atoms with Gasteiger partial charge >= 0.3 is 0 Å². The fraction of sp³-hybridized carbons (Fsp3) is 0.643. The van der Waals surface area contributed by atoms with E-state index in [2.05, 4.69) is 63.2 Å². The summed E-state index contributed by atoms with van der Waals surface area (Å²) in [4.78, 5) is 0. The van der Waals surface area contributed by atoms with Crippen LogP contribution in [0.15, 0.2) is 42.5 Å². The second-order valence-corrected chi connectivity index (χ2v) is 9.12. The molecule has 0 fully saturated rings. The Labute approximate surface area is 192 Å². The van der Waals surface area contributed by atoms with Crippen LogP contribution in [0.4, 0.5) is 0 Å². The van der Waals surface area contributed by atoms with E-state index in [1.165, 1.54) is 74.1 Å². The second-order valence-electron chi connectivity index (χ2n) is 9.12. The molecule has 1 atom stereocenters.